The van der Waals surface area contributed by atoms with E-state index in [9.17, 15) is 4.79 Å². The fourth-order valence-electron chi connectivity index (χ4n) is 1.16. The molecule has 0 aromatic heterocycles. The Bertz CT molecular complexity index is 359. The van der Waals surface area contributed by atoms with E-state index in [0.717, 1.165) is 5.56 Å². The molecule has 80 valence electrons. The Morgan fingerprint density at radius 3 is 2.60 bits per heavy atom. The molecule has 6 heteroatoms. The lowest BCUT2D eigenvalue weighted by Crippen LogP contribution is -2.33. The Morgan fingerprint density at radius 2 is 2.13 bits per heavy atom. The molecule has 1 aromatic rings. The Morgan fingerprint density at radius 1 is 1.53 bits per heavy atom. The van der Waals surface area contributed by atoms with Crippen molar-refractivity contribution in [2.24, 2.45) is 5.73 Å². The van der Waals surface area contributed by atoms with E-state index < -0.39 is 19.1 Å². The van der Waals surface area contributed by atoms with Gasteiger partial charge < -0.3 is 20.9 Å². The van der Waals surface area contributed by atoms with Crippen LogP contribution in [0.5, 0.6) is 0 Å². The van der Waals surface area contributed by atoms with Crippen LogP contribution in [0.3, 0.4) is 0 Å². The van der Waals surface area contributed by atoms with Crippen LogP contribution in [-0.4, -0.2) is 35.7 Å². The zero-order valence-corrected chi connectivity index (χ0v) is 7.96. The summed E-state index contributed by atoms with van der Waals surface area (Å²) in [6, 6.07) is 5.45. The van der Waals surface area contributed by atoms with Gasteiger partial charge in [-0.1, -0.05) is 24.3 Å². The van der Waals surface area contributed by atoms with Gasteiger partial charge in [0.25, 0.3) is 0 Å². The Labute approximate surface area is 88.8 Å². The average Bonchev–Trinajstić information content (AvgIpc) is 2.28. The van der Waals surface area contributed by atoms with Crippen LogP contribution in [-0.2, 0) is 11.2 Å². The molecule has 0 saturated carbocycles. The largest absolute Gasteiger partial charge is 0.488 e. The van der Waals surface area contributed by atoms with Crippen molar-refractivity contribution < 1.29 is 20.0 Å². The van der Waals surface area contributed by atoms with Crippen molar-refractivity contribution in [2.45, 2.75) is 12.5 Å². The molecule has 0 aliphatic rings. The lowest BCUT2D eigenvalue weighted by molar-refractivity contribution is -0.138. The number of carbonyl (C=O) groups is 1. The lowest BCUT2D eigenvalue weighted by atomic mass is 9.80. The van der Waals surface area contributed by atoms with Crippen LogP contribution >= 0.6 is 0 Å². The summed E-state index contributed by atoms with van der Waals surface area (Å²) in [5.74, 6) is -1.06. The second-order valence-electron chi connectivity index (χ2n) is 3.24. The summed E-state index contributed by atoms with van der Waals surface area (Å²) in [7, 11) is -1.29. The minimum atomic E-state index is -1.29. The number of aliphatic carboxylic acids is 1. The molecule has 0 aliphatic heterocycles. The van der Waals surface area contributed by atoms with Gasteiger partial charge in [0.15, 0.2) is 1.43 Å². The zero-order chi connectivity index (χ0) is 12.1. The molecule has 0 unspecified atom stereocenters. The second kappa shape index (κ2) is 4.93. The number of nitrogens with two attached hydrogens (primary N) is 1. The average molecular weight is 210 g/mol. The minimum absolute atomic E-state index is 0.216. The minimum Gasteiger partial charge on any atom is -0.480 e. The van der Waals surface area contributed by atoms with E-state index in [-0.39, 0.29) is 6.42 Å². The molecule has 0 spiro atoms. The highest BCUT2D eigenvalue weighted by Gasteiger charge is 2.13. The van der Waals surface area contributed by atoms with Crippen LogP contribution in [0, 0.1) is 0 Å². The van der Waals surface area contributed by atoms with Gasteiger partial charge in [-0.15, -0.1) is 0 Å². The molecule has 1 aromatic carbocycles. The second-order valence-corrected chi connectivity index (χ2v) is 3.24. The maximum atomic E-state index is 10.5. The summed E-state index contributed by atoms with van der Waals surface area (Å²) in [5, 5.41) is 21.8. The lowest BCUT2D eigenvalue weighted by Gasteiger charge is -2.07. The van der Waals surface area contributed by atoms with Crippen molar-refractivity contribution in [1.29, 1.82) is 1.43 Å². The first-order valence-electron chi connectivity index (χ1n) is 4.82. The molecular formula is C9H12BNO4. The maximum absolute atomic E-state index is 10.5. The number of carboxylic acids is 1. The molecule has 0 saturated heterocycles. The molecule has 1 atom stereocenters. The predicted octanol–water partition coefficient (Wildman–Crippen LogP) is -1.68. The molecule has 5 N–H and O–H groups in total. The van der Waals surface area contributed by atoms with Crippen molar-refractivity contribution >= 4 is 18.6 Å². The standard InChI is InChI=1S/C9H12BNO4/c11-8(9(12)13)5-6-1-3-7(4-2-6)10(14)15/h1-4,8,14-15H,5,11H2,(H,12,13)/t8-/m0/s1/i14D. The van der Waals surface area contributed by atoms with Gasteiger partial charge in [0.05, 0.1) is 0 Å². The van der Waals surface area contributed by atoms with Crippen LogP contribution in [0.25, 0.3) is 0 Å². The van der Waals surface area contributed by atoms with Crippen LogP contribution in [0.2, 0.25) is 0 Å². The number of hydrogen-bond acceptors (Lipinski definition) is 4. The van der Waals surface area contributed by atoms with Gasteiger partial charge in [0.2, 0.25) is 0 Å². The summed E-state index contributed by atoms with van der Waals surface area (Å²) in [4.78, 5) is 10.5. The third kappa shape index (κ3) is 3.36. The molecule has 15 heavy (non-hydrogen) atoms. The van der Waals surface area contributed by atoms with Crippen LogP contribution in [0.15, 0.2) is 24.3 Å². The van der Waals surface area contributed by atoms with Crippen LogP contribution in [0.4, 0.5) is 0 Å². The quantitative estimate of drug-likeness (QED) is 0.434. The van der Waals surface area contributed by atoms with E-state index in [0.29, 0.717) is 5.46 Å². The fourth-order valence-corrected chi connectivity index (χ4v) is 1.16. The van der Waals surface area contributed by atoms with E-state index >= 15 is 0 Å². The molecule has 0 radical (unpaired) electrons. The van der Waals surface area contributed by atoms with Crippen molar-refractivity contribution in [2.75, 3.05) is 0 Å². The summed E-state index contributed by atoms with van der Waals surface area (Å²) < 4.78 is 6.52. The number of rotatable bonds is 5. The normalized spacial score (nSPS) is 13.1. The highest BCUT2D eigenvalue weighted by molar-refractivity contribution is 6.58. The maximum Gasteiger partial charge on any atom is 0.488 e. The molecule has 5 nitrogen and oxygen atoms in total. The fraction of sp³-hybridized carbons (Fsp3) is 0.222. The predicted molar refractivity (Wildman–Crippen MR) is 55.6 cm³/mol. The van der Waals surface area contributed by atoms with Crippen molar-refractivity contribution in [3.05, 3.63) is 29.8 Å². The molecule has 0 amide bonds. The summed E-state index contributed by atoms with van der Waals surface area (Å²) in [6.07, 6.45) is 0.216. The Hall–Kier alpha value is -1.37. The first-order valence-corrected chi connectivity index (χ1v) is 4.42. The third-order valence-electron chi connectivity index (χ3n) is 2.04. The van der Waals surface area contributed by atoms with Crippen LogP contribution in [0.1, 0.15) is 5.56 Å². The molecule has 0 fully saturated rings. The van der Waals surface area contributed by atoms with Crippen molar-refractivity contribution in [3.63, 3.8) is 0 Å². The number of carboxylic acid groups (broad SMARTS) is 1. The topological polar surface area (TPSA) is 104 Å². The molecule has 0 bridgehead atoms. The highest BCUT2D eigenvalue weighted by Crippen LogP contribution is 2.01. The summed E-state index contributed by atoms with van der Waals surface area (Å²) in [5.41, 5.74) is 6.55. The van der Waals surface area contributed by atoms with Crippen molar-refractivity contribution in [1.82, 2.24) is 0 Å². The SMILES string of the molecule is [2H]OB(O)c1ccc(C[C@H](N)C(=O)O)cc1. The van der Waals surface area contributed by atoms with Gasteiger partial charge in [-0.05, 0) is 17.4 Å². The van der Waals surface area contributed by atoms with E-state index in [1.807, 2.05) is 0 Å². The van der Waals surface area contributed by atoms with Gasteiger partial charge in [0, 0.05) is 0 Å². The molecule has 0 aliphatic carbocycles. The Kier molecular flexibility index (Phi) is 3.34. The first-order chi connectivity index (χ1) is 7.54. The van der Waals surface area contributed by atoms with E-state index in [1.165, 1.54) is 0 Å². The highest BCUT2D eigenvalue weighted by atomic mass is 16.4. The first kappa shape index (κ1) is 10.2. The summed E-state index contributed by atoms with van der Waals surface area (Å²) >= 11 is 0. The molecule has 0 heterocycles. The monoisotopic (exact) mass is 210 g/mol. The molecular weight excluding hydrogens is 197 g/mol. The van der Waals surface area contributed by atoms with Gasteiger partial charge in [-0.3, -0.25) is 4.79 Å². The van der Waals surface area contributed by atoms with Gasteiger partial charge >= 0.3 is 13.1 Å². The number of hydrogen-bond donors (Lipinski definition) is 4. The zero-order valence-electron chi connectivity index (χ0n) is 8.96. The Balaban J connectivity index is 2.68. The van der Waals surface area contributed by atoms with E-state index in [2.05, 4.69) is 5.03 Å². The number of benzene rings is 1. The van der Waals surface area contributed by atoms with Crippen LogP contribution < -0.4 is 11.2 Å². The summed E-state index contributed by atoms with van der Waals surface area (Å²) in [6.45, 7) is 0. The van der Waals surface area contributed by atoms with Gasteiger partial charge in [-0.25, -0.2) is 0 Å². The third-order valence-corrected chi connectivity index (χ3v) is 2.04. The van der Waals surface area contributed by atoms with Gasteiger partial charge in [0.1, 0.15) is 6.04 Å². The molecule has 1 rings (SSSR count). The van der Waals surface area contributed by atoms with Crippen molar-refractivity contribution in [3.8, 4) is 0 Å². The van der Waals surface area contributed by atoms with E-state index in [1.54, 1.807) is 24.3 Å². The van der Waals surface area contributed by atoms with E-state index in [4.69, 9.17) is 17.3 Å². The smallest absolute Gasteiger partial charge is 0.480 e. The van der Waals surface area contributed by atoms with Gasteiger partial charge in [-0.2, -0.15) is 0 Å².